The number of hydrogen-bond donors (Lipinski definition) is 1. The minimum absolute atomic E-state index is 0. The molecule has 0 unspecified atom stereocenters. The SMILES string of the molecule is Cc1nn(Cc2c(C#N)cccc2CO)c2cc(C(F)(F)C(=O)[O-])ccc12.[K+]. The van der Waals surface area contributed by atoms with Crippen LogP contribution in [0.2, 0.25) is 0 Å². The van der Waals surface area contributed by atoms with Crippen LogP contribution in [0.3, 0.4) is 0 Å². The standard InChI is InChI=1S/C19H15F2N3O3.K/c1-11-15-6-5-14(19(20,21)18(26)27)7-17(15)24(23-11)9-16-12(8-22)3-2-4-13(16)10-25;/h2-7,25H,9-10H2,1H3,(H,26,27);/q;+1/p-1. The van der Waals surface area contributed by atoms with Gasteiger partial charge in [-0.25, -0.2) is 0 Å². The Labute approximate surface area is 201 Å². The number of carbonyl (C=O) groups is 1. The van der Waals surface area contributed by atoms with Crippen LogP contribution in [-0.2, 0) is 23.9 Å². The van der Waals surface area contributed by atoms with Crippen molar-refractivity contribution in [1.82, 2.24) is 9.78 Å². The fourth-order valence-electron chi connectivity index (χ4n) is 3.00. The van der Waals surface area contributed by atoms with Crippen molar-refractivity contribution in [3.8, 4) is 6.07 Å². The average Bonchev–Trinajstić information content (AvgIpc) is 2.97. The Bertz CT molecular complexity index is 1090. The number of carboxylic acid groups (broad SMARTS) is 1. The number of aliphatic hydroxyl groups is 1. The third-order valence-electron chi connectivity index (χ3n) is 4.43. The van der Waals surface area contributed by atoms with Crippen molar-refractivity contribution in [2.75, 3.05) is 0 Å². The number of halogens is 2. The Kier molecular flexibility index (Phi) is 7.09. The van der Waals surface area contributed by atoms with Gasteiger partial charge in [0.25, 0.3) is 0 Å². The molecule has 0 saturated carbocycles. The number of hydrogen-bond acceptors (Lipinski definition) is 5. The summed E-state index contributed by atoms with van der Waals surface area (Å²) in [4.78, 5) is 10.8. The van der Waals surface area contributed by atoms with Gasteiger partial charge in [-0.1, -0.05) is 24.3 Å². The van der Waals surface area contributed by atoms with E-state index in [0.29, 0.717) is 33.3 Å². The third kappa shape index (κ3) is 4.03. The number of fused-ring (bicyclic) bond motifs is 1. The van der Waals surface area contributed by atoms with E-state index in [9.17, 15) is 29.1 Å². The van der Waals surface area contributed by atoms with Crippen LogP contribution in [0.1, 0.15) is 27.9 Å². The molecule has 1 aromatic heterocycles. The quantitative estimate of drug-likeness (QED) is 0.523. The first-order valence-corrected chi connectivity index (χ1v) is 7.98. The second-order valence-corrected chi connectivity index (χ2v) is 6.05. The summed E-state index contributed by atoms with van der Waals surface area (Å²) >= 11 is 0. The van der Waals surface area contributed by atoms with Crippen LogP contribution in [0, 0.1) is 18.3 Å². The first-order chi connectivity index (χ1) is 12.8. The number of benzene rings is 2. The van der Waals surface area contributed by atoms with Gasteiger partial charge in [0.15, 0.2) is 0 Å². The molecule has 1 N–H and O–H groups in total. The van der Waals surface area contributed by atoms with E-state index in [-0.39, 0.29) is 64.5 Å². The second-order valence-electron chi connectivity index (χ2n) is 6.05. The molecule has 0 amide bonds. The molecule has 9 heteroatoms. The van der Waals surface area contributed by atoms with Crippen LogP contribution in [0.5, 0.6) is 0 Å². The summed E-state index contributed by atoms with van der Waals surface area (Å²) in [6.07, 6.45) is 0. The summed E-state index contributed by atoms with van der Waals surface area (Å²) < 4.78 is 29.1. The molecule has 0 radical (unpaired) electrons. The molecule has 3 aromatic rings. The molecule has 0 aliphatic heterocycles. The van der Waals surface area contributed by atoms with E-state index >= 15 is 0 Å². The number of aliphatic carboxylic acids is 1. The Morgan fingerprint density at radius 2 is 2.07 bits per heavy atom. The van der Waals surface area contributed by atoms with Gasteiger partial charge in [0, 0.05) is 10.9 Å². The van der Waals surface area contributed by atoms with Crippen molar-refractivity contribution in [3.63, 3.8) is 0 Å². The molecular weight excluding hydrogens is 395 g/mol. The topological polar surface area (TPSA) is 102 Å². The summed E-state index contributed by atoms with van der Waals surface area (Å²) in [7, 11) is 0. The van der Waals surface area contributed by atoms with Crippen molar-refractivity contribution in [2.24, 2.45) is 0 Å². The molecule has 6 nitrogen and oxygen atoms in total. The summed E-state index contributed by atoms with van der Waals surface area (Å²) in [5.74, 6) is -6.63. The number of aromatic nitrogens is 2. The summed E-state index contributed by atoms with van der Waals surface area (Å²) in [6.45, 7) is 1.46. The number of rotatable bonds is 5. The van der Waals surface area contributed by atoms with Crippen molar-refractivity contribution in [1.29, 1.82) is 5.26 Å². The maximum Gasteiger partial charge on any atom is 1.00 e. The second kappa shape index (κ2) is 8.78. The monoisotopic (exact) mass is 409 g/mol. The first-order valence-electron chi connectivity index (χ1n) is 7.98. The van der Waals surface area contributed by atoms with Gasteiger partial charge in [0.1, 0.15) is 5.97 Å². The predicted molar refractivity (Wildman–Crippen MR) is 89.6 cm³/mol. The van der Waals surface area contributed by atoms with E-state index in [1.54, 1.807) is 25.1 Å². The zero-order valence-corrected chi connectivity index (χ0v) is 18.4. The van der Waals surface area contributed by atoms with Gasteiger partial charge in [0.05, 0.1) is 36.0 Å². The Morgan fingerprint density at radius 3 is 2.68 bits per heavy atom. The number of aliphatic hydroxyl groups excluding tert-OH is 1. The molecule has 0 saturated heterocycles. The van der Waals surface area contributed by atoms with E-state index in [4.69, 9.17) is 0 Å². The molecule has 1 heterocycles. The molecule has 0 aliphatic carbocycles. The molecule has 28 heavy (non-hydrogen) atoms. The van der Waals surface area contributed by atoms with Crippen LogP contribution in [0.15, 0.2) is 36.4 Å². The predicted octanol–water partition coefficient (Wildman–Crippen LogP) is -1.40. The fraction of sp³-hybridized carbons (Fsp3) is 0.211. The molecule has 0 bridgehead atoms. The molecule has 0 atom stereocenters. The molecule has 2 aromatic carbocycles. The van der Waals surface area contributed by atoms with Gasteiger partial charge in [0.2, 0.25) is 0 Å². The number of aryl methyl sites for hydroxylation is 1. The Balaban J connectivity index is 0.00000280. The van der Waals surface area contributed by atoms with Gasteiger partial charge in [-0.15, -0.1) is 0 Å². The Morgan fingerprint density at radius 1 is 1.36 bits per heavy atom. The largest absolute Gasteiger partial charge is 1.00 e. The number of alkyl halides is 2. The van der Waals surface area contributed by atoms with Crippen LogP contribution in [-0.4, -0.2) is 20.9 Å². The molecule has 0 spiro atoms. The number of carbonyl (C=O) groups excluding carboxylic acids is 1. The van der Waals surface area contributed by atoms with E-state index in [1.165, 1.54) is 10.7 Å². The zero-order chi connectivity index (χ0) is 19.8. The van der Waals surface area contributed by atoms with Gasteiger partial charge >= 0.3 is 57.3 Å². The molecule has 3 rings (SSSR count). The van der Waals surface area contributed by atoms with Crippen LogP contribution < -0.4 is 56.5 Å². The van der Waals surface area contributed by atoms with Crippen molar-refractivity contribution in [2.45, 2.75) is 26.0 Å². The van der Waals surface area contributed by atoms with Gasteiger partial charge in [-0.05, 0) is 30.2 Å². The van der Waals surface area contributed by atoms with Crippen molar-refractivity contribution >= 4 is 16.9 Å². The number of carboxylic acids is 1. The minimum Gasteiger partial charge on any atom is -0.544 e. The average molecular weight is 409 g/mol. The van der Waals surface area contributed by atoms with E-state index in [1.807, 2.05) is 6.07 Å². The Hall–Kier alpha value is -1.67. The van der Waals surface area contributed by atoms with Crippen molar-refractivity contribution in [3.05, 3.63) is 64.3 Å². The van der Waals surface area contributed by atoms with Crippen LogP contribution >= 0.6 is 0 Å². The van der Waals surface area contributed by atoms with Crippen LogP contribution in [0.4, 0.5) is 8.78 Å². The van der Waals surface area contributed by atoms with E-state index in [2.05, 4.69) is 5.10 Å². The van der Waals surface area contributed by atoms with Gasteiger partial charge in [-0.3, -0.25) is 4.68 Å². The molecule has 138 valence electrons. The normalized spacial score (nSPS) is 11.1. The van der Waals surface area contributed by atoms with Gasteiger partial charge in [-0.2, -0.15) is 19.1 Å². The van der Waals surface area contributed by atoms with Crippen LogP contribution in [0.25, 0.3) is 10.9 Å². The van der Waals surface area contributed by atoms with E-state index < -0.39 is 17.5 Å². The zero-order valence-electron chi connectivity index (χ0n) is 15.2. The molecule has 0 aliphatic rings. The van der Waals surface area contributed by atoms with Gasteiger partial charge < -0.3 is 15.0 Å². The summed E-state index contributed by atoms with van der Waals surface area (Å²) in [5, 5.41) is 34.5. The fourth-order valence-corrected chi connectivity index (χ4v) is 3.00. The number of nitrogens with zero attached hydrogens (tertiary/aromatic N) is 3. The third-order valence-corrected chi connectivity index (χ3v) is 4.43. The maximum absolute atomic E-state index is 13.8. The first kappa shape index (κ1) is 22.6. The molecular formula is C19H14F2KN3O3. The van der Waals surface area contributed by atoms with E-state index in [0.717, 1.165) is 12.1 Å². The summed E-state index contributed by atoms with van der Waals surface area (Å²) in [6, 6.07) is 10.4. The minimum atomic E-state index is -4.14. The molecule has 0 fully saturated rings. The maximum atomic E-state index is 13.8. The van der Waals surface area contributed by atoms with Crippen molar-refractivity contribution < 1.29 is 75.2 Å². The summed E-state index contributed by atoms with van der Waals surface area (Å²) in [5.41, 5.74) is 1.51. The smallest absolute Gasteiger partial charge is 0.544 e. The number of nitriles is 1.